The van der Waals surface area contributed by atoms with Gasteiger partial charge >= 0.3 is 0 Å². The second kappa shape index (κ2) is 7.77. The van der Waals surface area contributed by atoms with Gasteiger partial charge in [0.25, 0.3) is 0 Å². The largest absolute Gasteiger partial charge is 0.323 e. The third-order valence-electron chi connectivity index (χ3n) is 4.49. The Balaban J connectivity index is 1.68. The molecule has 24 heavy (non-hydrogen) atoms. The number of nitrogens with one attached hydrogen (secondary N) is 1. The molecule has 1 aromatic carbocycles. The lowest BCUT2D eigenvalue weighted by Crippen LogP contribution is -2.39. The summed E-state index contributed by atoms with van der Waals surface area (Å²) < 4.78 is 1.61. The number of carbonyl (C=O) groups excluding carboxylic acids is 1. The SMILES string of the molecule is CN(CC(=O)Nc1cc(Cl)ccc1-n1cncn1)C1CCCCC1. The molecule has 1 N–H and O–H groups in total. The molecule has 7 heteroatoms. The Kier molecular flexibility index (Phi) is 5.48. The second-order valence-corrected chi connectivity index (χ2v) is 6.69. The average molecular weight is 348 g/mol. The molecule has 1 aliphatic carbocycles. The van der Waals surface area contributed by atoms with Crippen LogP contribution in [0.5, 0.6) is 0 Å². The molecule has 1 heterocycles. The monoisotopic (exact) mass is 347 g/mol. The van der Waals surface area contributed by atoms with Crippen LogP contribution in [0.15, 0.2) is 30.9 Å². The molecule has 6 nitrogen and oxygen atoms in total. The van der Waals surface area contributed by atoms with Gasteiger partial charge in [0.15, 0.2) is 0 Å². The summed E-state index contributed by atoms with van der Waals surface area (Å²) in [4.78, 5) is 18.6. The van der Waals surface area contributed by atoms with Gasteiger partial charge in [-0.2, -0.15) is 5.10 Å². The van der Waals surface area contributed by atoms with E-state index in [1.165, 1.54) is 38.4 Å². The molecular weight excluding hydrogens is 326 g/mol. The lowest BCUT2D eigenvalue weighted by atomic mass is 9.94. The van der Waals surface area contributed by atoms with Crippen molar-refractivity contribution in [2.45, 2.75) is 38.1 Å². The van der Waals surface area contributed by atoms with Gasteiger partial charge in [-0.05, 0) is 38.1 Å². The lowest BCUT2D eigenvalue weighted by molar-refractivity contribution is -0.117. The molecule has 3 rings (SSSR count). The zero-order valence-electron chi connectivity index (χ0n) is 13.8. The summed E-state index contributed by atoms with van der Waals surface area (Å²) in [5, 5.41) is 7.64. The number of benzene rings is 1. The Bertz CT molecular complexity index is 682. The standard InChI is InChI=1S/C17H22ClN5O/c1-22(14-5-3-2-4-6-14)10-17(24)21-15-9-13(18)7-8-16(15)23-12-19-11-20-23/h7-9,11-12,14H,2-6,10H2,1H3,(H,21,24). The van der Waals surface area contributed by atoms with E-state index in [1.54, 1.807) is 23.1 Å². The van der Waals surface area contributed by atoms with E-state index in [9.17, 15) is 4.79 Å². The summed E-state index contributed by atoms with van der Waals surface area (Å²) in [6.07, 6.45) is 9.20. The number of nitrogens with zero attached hydrogens (tertiary/aromatic N) is 4. The third-order valence-corrected chi connectivity index (χ3v) is 4.72. The van der Waals surface area contributed by atoms with Crippen molar-refractivity contribution in [3.8, 4) is 5.69 Å². The normalized spacial score (nSPS) is 15.6. The number of rotatable bonds is 5. The van der Waals surface area contributed by atoms with Crippen LogP contribution in [0.3, 0.4) is 0 Å². The van der Waals surface area contributed by atoms with Crippen LogP contribution in [-0.4, -0.2) is 45.2 Å². The quantitative estimate of drug-likeness (QED) is 0.902. The Labute approximate surface area is 146 Å². The minimum absolute atomic E-state index is 0.0493. The van der Waals surface area contributed by atoms with E-state index < -0.39 is 0 Å². The Hall–Kier alpha value is -1.92. The van der Waals surface area contributed by atoms with E-state index in [-0.39, 0.29) is 5.91 Å². The molecule has 1 aromatic heterocycles. The molecule has 0 radical (unpaired) electrons. The lowest BCUT2D eigenvalue weighted by Gasteiger charge is -2.30. The number of likely N-dealkylation sites (N-methyl/N-ethyl adjacent to an activating group) is 1. The highest BCUT2D eigenvalue weighted by atomic mass is 35.5. The minimum atomic E-state index is -0.0493. The van der Waals surface area contributed by atoms with Gasteiger partial charge in [0.2, 0.25) is 5.91 Å². The van der Waals surface area contributed by atoms with Crippen LogP contribution >= 0.6 is 11.6 Å². The Morgan fingerprint density at radius 1 is 1.38 bits per heavy atom. The fourth-order valence-corrected chi connectivity index (χ4v) is 3.38. The summed E-state index contributed by atoms with van der Waals surface area (Å²) in [6, 6.07) is 5.82. The highest BCUT2D eigenvalue weighted by molar-refractivity contribution is 6.31. The van der Waals surface area contributed by atoms with Crippen molar-refractivity contribution >= 4 is 23.2 Å². The zero-order chi connectivity index (χ0) is 16.9. The summed E-state index contributed by atoms with van der Waals surface area (Å²) in [6.45, 7) is 0.369. The van der Waals surface area contributed by atoms with E-state index in [1.807, 2.05) is 13.1 Å². The van der Waals surface area contributed by atoms with Gasteiger partial charge in [-0.25, -0.2) is 9.67 Å². The fourth-order valence-electron chi connectivity index (χ4n) is 3.21. The van der Waals surface area contributed by atoms with Gasteiger partial charge in [0.1, 0.15) is 12.7 Å². The number of amides is 1. The van der Waals surface area contributed by atoms with Gasteiger partial charge in [-0.1, -0.05) is 30.9 Å². The predicted molar refractivity (Wildman–Crippen MR) is 94.5 cm³/mol. The van der Waals surface area contributed by atoms with Crippen LogP contribution in [-0.2, 0) is 4.79 Å². The highest BCUT2D eigenvalue weighted by Gasteiger charge is 2.20. The maximum Gasteiger partial charge on any atom is 0.238 e. The van der Waals surface area contributed by atoms with Crippen LogP contribution in [0.2, 0.25) is 5.02 Å². The van der Waals surface area contributed by atoms with E-state index in [0.29, 0.717) is 23.3 Å². The zero-order valence-corrected chi connectivity index (χ0v) is 14.5. The van der Waals surface area contributed by atoms with Crippen LogP contribution in [0.25, 0.3) is 5.69 Å². The second-order valence-electron chi connectivity index (χ2n) is 6.26. The first-order valence-corrected chi connectivity index (χ1v) is 8.66. The molecule has 1 amide bonds. The van der Waals surface area contributed by atoms with E-state index in [0.717, 1.165) is 5.69 Å². The Morgan fingerprint density at radius 2 is 2.17 bits per heavy atom. The van der Waals surface area contributed by atoms with Crippen molar-refractivity contribution in [2.75, 3.05) is 18.9 Å². The molecular formula is C17H22ClN5O. The molecule has 0 saturated heterocycles. The molecule has 1 fully saturated rings. The fraction of sp³-hybridized carbons (Fsp3) is 0.471. The molecule has 0 atom stereocenters. The number of carbonyl (C=O) groups is 1. The summed E-state index contributed by atoms with van der Waals surface area (Å²) in [7, 11) is 2.02. The predicted octanol–water partition coefficient (Wildman–Crippen LogP) is 3.12. The molecule has 2 aromatic rings. The van der Waals surface area contributed by atoms with Crippen molar-refractivity contribution in [3.05, 3.63) is 35.9 Å². The number of halogens is 1. The molecule has 1 saturated carbocycles. The Morgan fingerprint density at radius 3 is 2.88 bits per heavy atom. The molecule has 1 aliphatic rings. The highest BCUT2D eigenvalue weighted by Crippen LogP contribution is 2.25. The summed E-state index contributed by atoms with van der Waals surface area (Å²) >= 11 is 6.08. The summed E-state index contributed by atoms with van der Waals surface area (Å²) in [5.41, 5.74) is 1.38. The third kappa shape index (κ3) is 4.13. The maximum atomic E-state index is 12.5. The van der Waals surface area contributed by atoms with Gasteiger partial charge in [-0.3, -0.25) is 9.69 Å². The first-order chi connectivity index (χ1) is 11.6. The van der Waals surface area contributed by atoms with Gasteiger partial charge in [0, 0.05) is 11.1 Å². The number of hydrogen-bond donors (Lipinski definition) is 1. The first kappa shape index (κ1) is 16.9. The van der Waals surface area contributed by atoms with E-state index in [4.69, 9.17) is 11.6 Å². The molecule has 0 unspecified atom stereocenters. The van der Waals surface area contributed by atoms with Gasteiger partial charge in [-0.15, -0.1) is 0 Å². The molecule has 0 bridgehead atoms. The average Bonchev–Trinajstić information content (AvgIpc) is 3.10. The van der Waals surface area contributed by atoms with E-state index >= 15 is 0 Å². The van der Waals surface area contributed by atoms with Crippen molar-refractivity contribution in [2.24, 2.45) is 0 Å². The smallest absolute Gasteiger partial charge is 0.238 e. The van der Waals surface area contributed by atoms with Crippen molar-refractivity contribution in [1.29, 1.82) is 0 Å². The van der Waals surface area contributed by atoms with Crippen molar-refractivity contribution < 1.29 is 4.79 Å². The van der Waals surface area contributed by atoms with Crippen molar-refractivity contribution in [1.82, 2.24) is 19.7 Å². The first-order valence-electron chi connectivity index (χ1n) is 8.28. The molecule has 0 aliphatic heterocycles. The number of hydrogen-bond acceptors (Lipinski definition) is 4. The topological polar surface area (TPSA) is 63.1 Å². The molecule has 128 valence electrons. The van der Waals surface area contributed by atoms with Gasteiger partial charge in [0.05, 0.1) is 17.9 Å². The number of anilines is 1. The van der Waals surface area contributed by atoms with Gasteiger partial charge < -0.3 is 5.32 Å². The maximum absolute atomic E-state index is 12.5. The summed E-state index contributed by atoms with van der Waals surface area (Å²) in [5.74, 6) is -0.0493. The van der Waals surface area contributed by atoms with Crippen LogP contribution < -0.4 is 5.32 Å². The van der Waals surface area contributed by atoms with E-state index in [2.05, 4.69) is 20.3 Å². The van der Waals surface area contributed by atoms with Crippen LogP contribution in [0.1, 0.15) is 32.1 Å². The van der Waals surface area contributed by atoms with Crippen LogP contribution in [0, 0.1) is 0 Å². The van der Waals surface area contributed by atoms with Crippen molar-refractivity contribution in [3.63, 3.8) is 0 Å². The minimum Gasteiger partial charge on any atom is -0.323 e. The molecule has 0 spiro atoms. The number of aromatic nitrogens is 3. The van der Waals surface area contributed by atoms with Crippen LogP contribution in [0.4, 0.5) is 5.69 Å².